The first kappa shape index (κ1) is 15.3. The highest BCUT2D eigenvalue weighted by Crippen LogP contribution is 2.22. The molecule has 6 heteroatoms. The fraction of sp³-hybridized carbons (Fsp3) is 0.200. The highest BCUT2D eigenvalue weighted by molar-refractivity contribution is 9.10. The van der Waals surface area contributed by atoms with Crippen LogP contribution in [0.5, 0.6) is 0 Å². The van der Waals surface area contributed by atoms with Crippen LogP contribution in [0.2, 0.25) is 0 Å². The average molecular weight is 349 g/mol. The molecule has 0 saturated heterocycles. The second kappa shape index (κ2) is 6.58. The summed E-state index contributed by atoms with van der Waals surface area (Å²) in [4.78, 5) is 6.34. The van der Waals surface area contributed by atoms with Gasteiger partial charge < -0.3 is 15.8 Å². The number of nitrogens with zero attached hydrogens (tertiary/aromatic N) is 3. The quantitative estimate of drug-likeness (QED) is 0.385. The average Bonchev–Trinajstić information content (AvgIpc) is 2.48. The summed E-state index contributed by atoms with van der Waals surface area (Å²) in [6.45, 7) is 2.58. The van der Waals surface area contributed by atoms with Gasteiger partial charge in [0.05, 0.1) is 5.56 Å². The molecular formula is C15H17BrN4O. The van der Waals surface area contributed by atoms with E-state index in [0.717, 1.165) is 15.6 Å². The van der Waals surface area contributed by atoms with E-state index < -0.39 is 0 Å². The number of amidine groups is 1. The minimum atomic E-state index is 0.0678. The van der Waals surface area contributed by atoms with Crippen LogP contribution in [0.15, 0.2) is 46.2 Å². The third-order valence-corrected chi connectivity index (χ3v) is 3.73. The van der Waals surface area contributed by atoms with Crippen LogP contribution in [-0.2, 0) is 6.54 Å². The second-order valence-corrected chi connectivity index (χ2v) is 5.71. The van der Waals surface area contributed by atoms with E-state index in [9.17, 15) is 0 Å². The van der Waals surface area contributed by atoms with Crippen LogP contribution in [0.4, 0.5) is 5.82 Å². The molecule has 21 heavy (non-hydrogen) atoms. The van der Waals surface area contributed by atoms with E-state index >= 15 is 0 Å². The molecule has 2 aromatic rings. The maximum atomic E-state index is 8.95. The zero-order chi connectivity index (χ0) is 15.4. The minimum absolute atomic E-state index is 0.0678. The summed E-state index contributed by atoms with van der Waals surface area (Å²) >= 11 is 3.42. The molecule has 110 valence electrons. The van der Waals surface area contributed by atoms with Gasteiger partial charge in [-0.2, -0.15) is 0 Å². The number of rotatable bonds is 4. The molecule has 0 fully saturated rings. The smallest absolute Gasteiger partial charge is 0.174 e. The van der Waals surface area contributed by atoms with Gasteiger partial charge in [0.1, 0.15) is 5.82 Å². The van der Waals surface area contributed by atoms with Gasteiger partial charge in [0.15, 0.2) is 5.84 Å². The number of oxime groups is 1. The summed E-state index contributed by atoms with van der Waals surface area (Å²) in [5.74, 6) is 0.756. The van der Waals surface area contributed by atoms with Crippen LogP contribution < -0.4 is 10.6 Å². The zero-order valence-corrected chi connectivity index (χ0v) is 13.5. The molecule has 0 atom stereocenters. The van der Waals surface area contributed by atoms with Crippen molar-refractivity contribution in [3.8, 4) is 0 Å². The summed E-state index contributed by atoms with van der Waals surface area (Å²) in [6.07, 6.45) is 1.72. The molecule has 0 saturated carbocycles. The minimum Gasteiger partial charge on any atom is -0.409 e. The largest absolute Gasteiger partial charge is 0.409 e. The number of pyridine rings is 1. The maximum absolute atomic E-state index is 8.95. The molecule has 0 aliphatic heterocycles. The van der Waals surface area contributed by atoms with E-state index in [0.29, 0.717) is 17.9 Å². The summed E-state index contributed by atoms with van der Waals surface area (Å²) in [6, 6.07) is 9.91. The number of nitrogens with two attached hydrogens (primary N) is 1. The molecule has 1 aromatic carbocycles. The summed E-state index contributed by atoms with van der Waals surface area (Å²) in [7, 11) is 1.93. The van der Waals surface area contributed by atoms with Crippen LogP contribution in [0.3, 0.4) is 0 Å². The second-order valence-electron chi connectivity index (χ2n) is 4.79. The van der Waals surface area contributed by atoms with Crippen molar-refractivity contribution in [3.05, 3.63) is 57.7 Å². The lowest BCUT2D eigenvalue weighted by Gasteiger charge is -2.22. The van der Waals surface area contributed by atoms with E-state index in [2.05, 4.69) is 26.1 Å². The number of halogens is 1. The predicted octanol–water partition coefficient (Wildman–Crippen LogP) is 2.88. The molecule has 0 aliphatic rings. The van der Waals surface area contributed by atoms with Gasteiger partial charge in [-0.25, -0.2) is 4.98 Å². The van der Waals surface area contributed by atoms with Crippen molar-refractivity contribution in [3.63, 3.8) is 0 Å². The number of hydrogen-bond acceptors (Lipinski definition) is 4. The highest BCUT2D eigenvalue weighted by Gasteiger charge is 2.15. The van der Waals surface area contributed by atoms with Crippen molar-refractivity contribution in [2.24, 2.45) is 10.9 Å². The lowest BCUT2D eigenvalue weighted by atomic mass is 10.1. The van der Waals surface area contributed by atoms with Gasteiger partial charge in [0.2, 0.25) is 0 Å². The molecule has 0 amide bonds. The molecular weight excluding hydrogens is 332 g/mol. The van der Waals surface area contributed by atoms with Crippen molar-refractivity contribution in [1.29, 1.82) is 0 Å². The van der Waals surface area contributed by atoms with Crippen LogP contribution in [-0.4, -0.2) is 23.1 Å². The van der Waals surface area contributed by atoms with E-state index in [1.54, 1.807) is 6.20 Å². The third kappa shape index (κ3) is 3.52. The highest BCUT2D eigenvalue weighted by atomic mass is 79.9. The molecule has 0 bridgehead atoms. The predicted molar refractivity (Wildman–Crippen MR) is 87.7 cm³/mol. The fourth-order valence-electron chi connectivity index (χ4n) is 2.14. The van der Waals surface area contributed by atoms with E-state index in [4.69, 9.17) is 10.9 Å². The Kier molecular flexibility index (Phi) is 4.80. The van der Waals surface area contributed by atoms with Crippen LogP contribution in [0.1, 0.15) is 16.7 Å². The maximum Gasteiger partial charge on any atom is 0.174 e. The summed E-state index contributed by atoms with van der Waals surface area (Å²) in [5, 5.41) is 12.1. The molecule has 0 radical (unpaired) electrons. The van der Waals surface area contributed by atoms with Crippen molar-refractivity contribution >= 4 is 27.6 Å². The van der Waals surface area contributed by atoms with Gasteiger partial charge in [0, 0.05) is 24.3 Å². The molecule has 2 rings (SSSR count). The van der Waals surface area contributed by atoms with E-state index in [-0.39, 0.29) is 5.84 Å². The van der Waals surface area contributed by atoms with E-state index in [1.807, 2.05) is 49.2 Å². The lowest BCUT2D eigenvalue weighted by molar-refractivity contribution is 0.318. The van der Waals surface area contributed by atoms with Crippen LogP contribution >= 0.6 is 15.9 Å². The first-order chi connectivity index (χ1) is 10.0. The van der Waals surface area contributed by atoms with Gasteiger partial charge in [-0.3, -0.25) is 0 Å². The summed E-state index contributed by atoms with van der Waals surface area (Å²) < 4.78 is 1.04. The van der Waals surface area contributed by atoms with Crippen molar-refractivity contribution in [2.75, 3.05) is 11.9 Å². The molecule has 1 aromatic heterocycles. The van der Waals surface area contributed by atoms with Gasteiger partial charge in [-0.05, 0) is 36.2 Å². The molecule has 0 aliphatic carbocycles. The number of hydrogen-bond donors (Lipinski definition) is 2. The Hall–Kier alpha value is -2.08. The van der Waals surface area contributed by atoms with Gasteiger partial charge in [0.25, 0.3) is 0 Å². The van der Waals surface area contributed by atoms with Crippen LogP contribution in [0.25, 0.3) is 0 Å². The fourth-order valence-corrected chi connectivity index (χ4v) is 2.40. The Morgan fingerprint density at radius 2 is 2.00 bits per heavy atom. The molecule has 3 N–H and O–H groups in total. The van der Waals surface area contributed by atoms with Crippen molar-refractivity contribution in [1.82, 2.24) is 4.98 Å². The van der Waals surface area contributed by atoms with Gasteiger partial charge >= 0.3 is 0 Å². The zero-order valence-electron chi connectivity index (χ0n) is 11.9. The van der Waals surface area contributed by atoms with Crippen molar-refractivity contribution < 1.29 is 5.21 Å². The normalized spacial score (nSPS) is 11.5. The Morgan fingerprint density at radius 1 is 1.33 bits per heavy atom. The number of anilines is 1. The Bertz CT molecular complexity index is 655. The molecule has 0 unspecified atom stereocenters. The molecule has 0 spiro atoms. The number of aromatic nitrogens is 1. The van der Waals surface area contributed by atoms with Crippen molar-refractivity contribution in [2.45, 2.75) is 13.5 Å². The topological polar surface area (TPSA) is 74.7 Å². The third-order valence-electron chi connectivity index (χ3n) is 3.20. The Morgan fingerprint density at radius 3 is 2.62 bits per heavy atom. The SMILES string of the molecule is Cc1ccnc(N(C)Cc2ccc(Br)cc2)c1/C(N)=N/O. The number of aryl methyl sites for hydroxylation is 1. The van der Waals surface area contributed by atoms with Gasteiger partial charge in [-0.15, -0.1) is 0 Å². The Balaban J connectivity index is 2.33. The summed E-state index contributed by atoms with van der Waals surface area (Å²) in [5.41, 5.74) is 8.49. The monoisotopic (exact) mass is 348 g/mol. The van der Waals surface area contributed by atoms with Crippen LogP contribution in [0, 0.1) is 6.92 Å². The lowest BCUT2D eigenvalue weighted by Crippen LogP contribution is -2.24. The molecule has 5 nitrogen and oxygen atoms in total. The van der Waals surface area contributed by atoms with Gasteiger partial charge in [-0.1, -0.05) is 33.2 Å². The first-order valence-corrected chi connectivity index (χ1v) is 7.21. The number of benzene rings is 1. The van der Waals surface area contributed by atoms with E-state index in [1.165, 1.54) is 0 Å². The Labute approximate surface area is 132 Å². The first-order valence-electron chi connectivity index (χ1n) is 6.42. The molecule has 1 heterocycles. The standard InChI is InChI=1S/C15H17BrN4O/c1-10-7-8-18-15(13(10)14(17)19-21)20(2)9-11-3-5-12(16)6-4-11/h3-8,21H,9H2,1-2H3,(H2,17,19).